The fourth-order valence-electron chi connectivity index (χ4n) is 1.67. The Morgan fingerprint density at radius 2 is 1.84 bits per heavy atom. The Morgan fingerprint density at radius 3 is 2.47 bits per heavy atom. The number of benzene rings is 1. The molecule has 1 heterocycles. The Hall–Kier alpha value is -0.470. The van der Waals surface area contributed by atoms with E-state index in [1.54, 1.807) is 12.1 Å². The van der Waals surface area contributed by atoms with E-state index in [0.717, 1.165) is 11.7 Å². The Balaban J connectivity index is 2.50. The number of sulfonamides is 1. The monoisotopic (exact) mass is 339 g/mol. The molecule has 0 spiro atoms. The van der Waals surface area contributed by atoms with Crippen molar-refractivity contribution >= 4 is 56.0 Å². The van der Waals surface area contributed by atoms with Gasteiger partial charge >= 0.3 is 0 Å². The van der Waals surface area contributed by atoms with E-state index < -0.39 is 10.0 Å². The van der Waals surface area contributed by atoms with Crippen LogP contribution in [0.4, 0.5) is 0 Å². The first-order valence-electron chi connectivity index (χ1n) is 5.44. The lowest BCUT2D eigenvalue weighted by Crippen LogP contribution is -2.34. The summed E-state index contributed by atoms with van der Waals surface area (Å²) < 4.78 is 34.5. The van der Waals surface area contributed by atoms with Crippen molar-refractivity contribution in [3.05, 3.63) is 18.2 Å². The summed E-state index contributed by atoms with van der Waals surface area (Å²) in [5, 5.41) is 0. The smallest absolute Gasteiger partial charge is 0.207 e. The highest BCUT2D eigenvalue weighted by atomic mass is 35.5. The minimum Gasteiger partial charge on any atom is -0.207 e. The van der Waals surface area contributed by atoms with Crippen molar-refractivity contribution in [3.8, 4) is 0 Å². The van der Waals surface area contributed by atoms with E-state index in [9.17, 15) is 8.42 Å². The number of fused-ring (bicyclic) bond motifs is 1. The molecule has 104 valence electrons. The molecule has 0 saturated heterocycles. The maximum Gasteiger partial charge on any atom is 0.245 e. The van der Waals surface area contributed by atoms with Gasteiger partial charge in [0.15, 0.2) is 0 Å². The second-order valence-corrected chi connectivity index (χ2v) is 6.86. The number of alkyl halides is 2. The predicted octanol–water partition coefficient (Wildman–Crippen LogP) is 2.16. The van der Waals surface area contributed by atoms with E-state index in [1.807, 2.05) is 0 Å². The Labute approximate surface area is 125 Å². The van der Waals surface area contributed by atoms with E-state index in [4.69, 9.17) is 23.2 Å². The van der Waals surface area contributed by atoms with Crippen molar-refractivity contribution in [2.75, 3.05) is 24.8 Å². The molecular formula is C10H11Cl2N3O2S2. The molecule has 0 amide bonds. The van der Waals surface area contributed by atoms with Gasteiger partial charge in [-0.05, 0) is 12.1 Å². The Bertz CT molecular complexity index is 654. The van der Waals surface area contributed by atoms with Crippen LogP contribution in [-0.4, -0.2) is 46.3 Å². The van der Waals surface area contributed by atoms with Gasteiger partial charge in [-0.1, -0.05) is 6.07 Å². The van der Waals surface area contributed by atoms with Crippen LogP contribution in [0.15, 0.2) is 23.1 Å². The first kappa shape index (κ1) is 14.9. The first-order valence-corrected chi connectivity index (χ1v) is 8.68. The fourth-order valence-corrected chi connectivity index (χ4v) is 4.47. The molecule has 5 nitrogen and oxygen atoms in total. The normalized spacial score (nSPS) is 12.4. The highest BCUT2D eigenvalue weighted by Gasteiger charge is 2.26. The molecule has 0 atom stereocenters. The third-order valence-corrected chi connectivity index (χ3v) is 5.35. The summed E-state index contributed by atoms with van der Waals surface area (Å²) in [7, 11) is -3.65. The van der Waals surface area contributed by atoms with Gasteiger partial charge in [0, 0.05) is 24.8 Å². The van der Waals surface area contributed by atoms with Crippen LogP contribution in [0.3, 0.4) is 0 Å². The quantitative estimate of drug-likeness (QED) is 0.756. The number of hydrogen-bond acceptors (Lipinski definition) is 5. The molecule has 0 aliphatic carbocycles. The van der Waals surface area contributed by atoms with Crippen LogP contribution in [-0.2, 0) is 10.0 Å². The standard InChI is InChI=1S/C10H11Cl2N3O2S2/c11-4-6-15(7-5-12)19(16,17)9-3-1-2-8-10(9)14-18-13-8/h1-3H,4-7H2. The number of aromatic nitrogens is 2. The predicted molar refractivity (Wildman–Crippen MR) is 77.6 cm³/mol. The van der Waals surface area contributed by atoms with Crippen molar-refractivity contribution in [2.24, 2.45) is 0 Å². The minimum absolute atomic E-state index is 0.147. The molecule has 0 aliphatic rings. The summed E-state index contributed by atoms with van der Waals surface area (Å²) in [4.78, 5) is 0.147. The topological polar surface area (TPSA) is 63.2 Å². The van der Waals surface area contributed by atoms with Crippen LogP contribution in [0.25, 0.3) is 11.0 Å². The summed E-state index contributed by atoms with van der Waals surface area (Å²) in [6.07, 6.45) is 0. The Kier molecular flexibility index (Phi) is 4.97. The fraction of sp³-hybridized carbons (Fsp3) is 0.400. The number of nitrogens with zero attached hydrogens (tertiary/aromatic N) is 3. The number of hydrogen-bond donors (Lipinski definition) is 0. The summed E-state index contributed by atoms with van der Waals surface area (Å²) in [6.45, 7) is 0.426. The highest BCUT2D eigenvalue weighted by Crippen LogP contribution is 2.24. The molecule has 0 saturated carbocycles. The van der Waals surface area contributed by atoms with Gasteiger partial charge in [-0.3, -0.25) is 0 Å². The molecule has 0 aliphatic heterocycles. The zero-order valence-electron chi connectivity index (χ0n) is 9.79. The van der Waals surface area contributed by atoms with Gasteiger partial charge < -0.3 is 0 Å². The Morgan fingerprint density at radius 1 is 1.16 bits per heavy atom. The zero-order chi connectivity index (χ0) is 13.9. The van der Waals surface area contributed by atoms with Gasteiger partial charge in [-0.2, -0.15) is 13.1 Å². The SMILES string of the molecule is O=S(=O)(c1cccc2nsnc12)N(CCCl)CCCl. The van der Waals surface area contributed by atoms with Gasteiger partial charge in [0.25, 0.3) is 0 Å². The van der Waals surface area contributed by atoms with Crippen LogP contribution in [0.5, 0.6) is 0 Å². The zero-order valence-corrected chi connectivity index (χ0v) is 12.9. The number of halogens is 2. The van der Waals surface area contributed by atoms with Gasteiger partial charge in [-0.25, -0.2) is 8.42 Å². The lowest BCUT2D eigenvalue weighted by atomic mass is 10.3. The summed E-state index contributed by atoms with van der Waals surface area (Å²) in [5.74, 6) is 0.419. The highest BCUT2D eigenvalue weighted by molar-refractivity contribution is 7.89. The van der Waals surface area contributed by atoms with Crippen LogP contribution < -0.4 is 0 Å². The molecule has 1 aromatic carbocycles. The lowest BCUT2D eigenvalue weighted by molar-refractivity contribution is 0.449. The summed E-state index contributed by atoms with van der Waals surface area (Å²) in [5.41, 5.74) is 0.962. The van der Waals surface area contributed by atoms with Crippen LogP contribution in [0, 0.1) is 0 Å². The van der Waals surface area contributed by atoms with E-state index in [-0.39, 0.29) is 29.7 Å². The average Bonchev–Trinajstić information content (AvgIpc) is 2.86. The lowest BCUT2D eigenvalue weighted by Gasteiger charge is -2.20. The molecule has 9 heteroatoms. The average molecular weight is 340 g/mol. The summed E-state index contributed by atoms with van der Waals surface area (Å²) >= 11 is 12.3. The number of rotatable bonds is 6. The van der Waals surface area contributed by atoms with Crippen molar-refractivity contribution in [2.45, 2.75) is 4.90 Å². The summed E-state index contributed by atoms with van der Waals surface area (Å²) in [6, 6.07) is 4.90. The van der Waals surface area contributed by atoms with E-state index in [2.05, 4.69) is 8.75 Å². The van der Waals surface area contributed by atoms with Gasteiger partial charge in [0.05, 0.1) is 11.7 Å². The van der Waals surface area contributed by atoms with Crippen molar-refractivity contribution in [3.63, 3.8) is 0 Å². The molecule has 2 aromatic rings. The second kappa shape index (κ2) is 6.32. The molecule has 19 heavy (non-hydrogen) atoms. The molecule has 0 N–H and O–H groups in total. The van der Waals surface area contributed by atoms with Crippen molar-refractivity contribution in [1.82, 2.24) is 13.1 Å². The third kappa shape index (κ3) is 3.00. The second-order valence-electron chi connectivity index (χ2n) is 3.67. The molecule has 0 fully saturated rings. The van der Waals surface area contributed by atoms with E-state index in [0.29, 0.717) is 11.0 Å². The van der Waals surface area contributed by atoms with Crippen molar-refractivity contribution < 1.29 is 8.42 Å². The molecular weight excluding hydrogens is 329 g/mol. The van der Waals surface area contributed by atoms with Gasteiger partial charge in [0.1, 0.15) is 15.9 Å². The van der Waals surface area contributed by atoms with Crippen LogP contribution >= 0.6 is 34.9 Å². The molecule has 0 radical (unpaired) electrons. The van der Waals surface area contributed by atoms with Gasteiger partial charge in [0.2, 0.25) is 10.0 Å². The molecule has 0 unspecified atom stereocenters. The molecule has 2 rings (SSSR count). The van der Waals surface area contributed by atoms with E-state index in [1.165, 1.54) is 10.4 Å². The molecule has 1 aromatic heterocycles. The third-order valence-electron chi connectivity index (χ3n) is 2.53. The van der Waals surface area contributed by atoms with Crippen LogP contribution in [0.2, 0.25) is 0 Å². The first-order chi connectivity index (χ1) is 9.11. The van der Waals surface area contributed by atoms with Gasteiger partial charge in [-0.15, -0.1) is 23.2 Å². The van der Waals surface area contributed by atoms with Crippen molar-refractivity contribution in [1.29, 1.82) is 0 Å². The van der Waals surface area contributed by atoms with E-state index >= 15 is 0 Å². The minimum atomic E-state index is -3.65. The maximum absolute atomic E-state index is 12.6. The maximum atomic E-state index is 12.6. The molecule has 0 bridgehead atoms. The largest absolute Gasteiger partial charge is 0.245 e. The van der Waals surface area contributed by atoms with Crippen LogP contribution in [0.1, 0.15) is 0 Å².